The number of hydrogen-bond acceptors (Lipinski definition) is 4. The van der Waals surface area contributed by atoms with Crippen molar-refractivity contribution in [1.29, 1.82) is 0 Å². The summed E-state index contributed by atoms with van der Waals surface area (Å²) < 4.78 is 10.7. The Morgan fingerprint density at radius 2 is 2.25 bits per heavy atom. The molecule has 0 spiro atoms. The highest BCUT2D eigenvalue weighted by Gasteiger charge is 2.14. The minimum absolute atomic E-state index is 0.227. The summed E-state index contributed by atoms with van der Waals surface area (Å²) in [6.07, 6.45) is 3.49. The van der Waals surface area contributed by atoms with E-state index in [0.717, 1.165) is 18.6 Å². The van der Waals surface area contributed by atoms with E-state index in [4.69, 9.17) is 13.9 Å². The quantitative estimate of drug-likeness (QED) is 0.813. The van der Waals surface area contributed by atoms with Crippen LogP contribution in [0.25, 0.3) is 0 Å². The van der Waals surface area contributed by atoms with Crippen LogP contribution in [0.1, 0.15) is 41.0 Å². The van der Waals surface area contributed by atoms with Gasteiger partial charge in [-0.25, -0.2) is 4.79 Å². The van der Waals surface area contributed by atoms with Gasteiger partial charge in [0, 0.05) is 12.5 Å². The minimum Gasteiger partial charge on any atom is -0.478 e. The van der Waals surface area contributed by atoms with E-state index in [0.29, 0.717) is 24.1 Å². The molecule has 2 N–H and O–H groups in total. The van der Waals surface area contributed by atoms with Crippen LogP contribution in [0.15, 0.2) is 33.3 Å². The van der Waals surface area contributed by atoms with Gasteiger partial charge >= 0.3 is 5.97 Å². The van der Waals surface area contributed by atoms with Crippen LogP contribution in [0.5, 0.6) is 0 Å². The van der Waals surface area contributed by atoms with Gasteiger partial charge in [0.1, 0.15) is 22.8 Å². The van der Waals surface area contributed by atoms with Crippen molar-refractivity contribution in [1.82, 2.24) is 5.32 Å². The SMILES string of the molecule is Cc1oc(CNC(C)CCc2ccco2)cc1C(=O)O. The van der Waals surface area contributed by atoms with E-state index >= 15 is 0 Å². The van der Waals surface area contributed by atoms with Crippen LogP contribution >= 0.6 is 0 Å². The maximum atomic E-state index is 10.9. The number of carbonyl (C=O) groups is 1. The van der Waals surface area contributed by atoms with E-state index in [1.165, 1.54) is 0 Å². The van der Waals surface area contributed by atoms with Gasteiger partial charge in [-0.3, -0.25) is 0 Å². The van der Waals surface area contributed by atoms with Crippen molar-refractivity contribution in [3.8, 4) is 0 Å². The Labute approximate surface area is 117 Å². The van der Waals surface area contributed by atoms with Crippen LogP contribution in [-0.2, 0) is 13.0 Å². The van der Waals surface area contributed by atoms with Crippen LogP contribution in [0, 0.1) is 6.92 Å². The van der Waals surface area contributed by atoms with Gasteiger partial charge in [-0.1, -0.05) is 0 Å². The molecule has 0 saturated heterocycles. The lowest BCUT2D eigenvalue weighted by molar-refractivity contribution is 0.0695. The molecule has 2 aromatic rings. The third-order valence-corrected chi connectivity index (χ3v) is 3.23. The highest BCUT2D eigenvalue weighted by molar-refractivity contribution is 5.88. The normalized spacial score (nSPS) is 12.5. The number of nitrogens with one attached hydrogen (secondary N) is 1. The summed E-state index contributed by atoms with van der Waals surface area (Å²) in [4.78, 5) is 10.9. The Hall–Kier alpha value is -2.01. The van der Waals surface area contributed by atoms with Gasteiger partial charge in [0.2, 0.25) is 0 Å². The molecule has 1 atom stereocenters. The van der Waals surface area contributed by atoms with Crippen LogP contribution in [0.4, 0.5) is 0 Å². The first-order valence-corrected chi connectivity index (χ1v) is 6.64. The Morgan fingerprint density at radius 3 is 2.85 bits per heavy atom. The molecule has 0 bridgehead atoms. The summed E-state index contributed by atoms with van der Waals surface area (Å²) in [7, 11) is 0. The average molecular weight is 277 g/mol. The summed E-state index contributed by atoms with van der Waals surface area (Å²) in [5.74, 6) is 1.10. The Bertz CT molecular complexity index is 556. The van der Waals surface area contributed by atoms with Crippen LogP contribution < -0.4 is 5.32 Å². The highest BCUT2D eigenvalue weighted by Crippen LogP contribution is 2.15. The van der Waals surface area contributed by atoms with E-state index in [9.17, 15) is 4.79 Å². The molecule has 0 aliphatic carbocycles. The number of aromatic carboxylic acids is 1. The number of hydrogen-bond donors (Lipinski definition) is 2. The van der Waals surface area contributed by atoms with E-state index in [1.54, 1.807) is 19.3 Å². The molecule has 108 valence electrons. The monoisotopic (exact) mass is 277 g/mol. The van der Waals surface area contributed by atoms with Crippen molar-refractivity contribution >= 4 is 5.97 Å². The lowest BCUT2D eigenvalue weighted by Crippen LogP contribution is -2.25. The zero-order valence-electron chi connectivity index (χ0n) is 11.7. The zero-order valence-corrected chi connectivity index (χ0v) is 11.7. The van der Waals surface area contributed by atoms with E-state index in [2.05, 4.69) is 12.2 Å². The van der Waals surface area contributed by atoms with E-state index in [-0.39, 0.29) is 5.56 Å². The van der Waals surface area contributed by atoms with Crippen LogP contribution in [0.3, 0.4) is 0 Å². The summed E-state index contributed by atoms with van der Waals surface area (Å²) in [6, 6.07) is 5.71. The fraction of sp³-hybridized carbons (Fsp3) is 0.400. The highest BCUT2D eigenvalue weighted by atomic mass is 16.4. The van der Waals surface area contributed by atoms with Gasteiger partial charge < -0.3 is 19.3 Å². The second-order valence-corrected chi connectivity index (χ2v) is 4.89. The number of aryl methyl sites for hydroxylation is 2. The van der Waals surface area contributed by atoms with Crippen molar-refractivity contribution < 1.29 is 18.7 Å². The summed E-state index contributed by atoms with van der Waals surface area (Å²) in [5, 5.41) is 12.3. The number of furan rings is 2. The van der Waals surface area contributed by atoms with Crippen molar-refractivity contribution in [2.24, 2.45) is 0 Å². The van der Waals surface area contributed by atoms with Crippen molar-refractivity contribution in [2.45, 2.75) is 39.3 Å². The van der Waals surface area contributed by atoms with Crippen molar-refractivity contribution in [3.63, 3.8) is 0 Å². The fourth-order valence-electron chi connectivity index (χ4n) is 2.03. The average Bonchev–Trinajstić information content (AvgIpc) is 3.03. The molecule has 0 saturated carbocycles. The van der Waals surface area contributed by atoms with Gasteiger partial charge in [-0.2, -0.15) is 0 Å². The van der Waals surface area contributed by atoms with Gasteiger partial charge in [-0.05, 0) is 38.5 Å². The Morgan fingerprint density at radius 1 is 1.45 bits per heavy atom. The molecule has 1 unspecified atom stereocenters. The molecule has 20 heavy (non-hydrogen) atoms. The number of carboxylic acid groups (broad SMARTS) is 1. The maximum absolute atomic E-state index is 10.9. The maximum Gasteiger partial charge on any atom is 0.339 e. The molecule has 2 aromatic heterocycles. The molecule has 2 heterocycles. The number of rotatable bonds is 7. The Balaban J connectivity index is 1.79. The molecule has 0 fully saturated rings. The third kappa shape index (κ3) is 3.74. The predicted molar refractivity (Wildman–Crippen MR) is 73.7 cm³/mol. The van der Waals surface area contributed by atoms with Crippen LogP contribution in [-0.4, -0.2) is 17.1 Å². The molecule has 0 amide bonds. The lowest BCUT2D eigenvalue weighted by atomic mass is 10.1. The topological polar surface area (TPSA) is 75.6 Å². The zero-order chi connectivity index (χ0) is 14.5. The first kappa shape index (κ1) is 14.4. The first-order valence-electron chi connectivity index (χ1n) is 6.64. The van der Waals surface area contributed by atoms with Gasteiger partial charge in [0.15, 0.2) is 0 Å². The van der Waals surface area contributed by atoms with Crippen molar-refractivity contribution in [3.05, 3.63) is 47.3 Å². The van der Waals surface area contributed by atoms with E-state index < -0.39 is 5.97 Å². The molecule has 0 radical (unpaired) electrons. The fourth-order valence-corrected chi connectivity index (χ4v) is 2.03. The van der Waals surface area contributed by atoms with Crippen molar-refractivity contribution in [2.75, 3.05) is 0 Å². The molecule has 2 rings (SSSR count). The predicted octanol–water partition coefficient (Wildman–Crippen LogP) is 2.99. The Kier molecular flexibility index (Phi) is 4.63. The second kappa shape index (κ2) is 6.43. The smallest absolute Gasteiger partial charge is 0.339 e. The number of carboxylic acids is 1. The molecule has 0 aliphatic heterocycles. The standard InChI is InChI=1S/C15H19NO4/c1-10(5-6-12-4-3-7-19-12)16-9-13-8-14(15(17)18)11(2)20-13/h3-4,7-8,10,16H,5-6,9H2,1-2H3,(H,17,18). The van der Waals surface area contributed by atoms with Gasteiger partial charge in [0.05, 0.1) is 12.8 Å². The largest absolute Gasteiger partial charge is 0.478 e. The summed E-state index contributed by atoms with van der Waals surface area (Å²) in [5.41, 5.74) is 0.227. The third-order valence-electron chi connectivity index (χ3n) is 3.23. The molecular formula is C15H19NO4. The summed E-state index contributed by atoms with van der Waals surface area (Å²) >= 11 is 0. The van der Waals surface area contributed by atoms with Gasteiger partial charge in [0.25, 0.3) is 0 Å². The molecule has 0 aliphatic rings. The summed E-state index contributed by atoms with van der Waals surface area (Å²) in [6.45, 7) is 4.26. The molecule has 5 heteroatoms. The lowest BCUT2D eigenvalue weighted by Gasteiger charge is -2.11. The second-order valence-electron chi connectivity index (χ2n) is 4.89. The van der Waals surface area contributed by atoms with Crippen LogP contribution in [0.2, 0.25) is 0 Å². The first-order chi connectivity index (χ1) is 9.56. The molecule has 5 nitrogen and oxygen atoms in total. The van der Waals surface area contributed by atoms with E-state index in [1.807, 2.05) is 12.1 Å². The molecular weight excluding hydrogens is 258 g/mol. The molecule has 0 aromatic carbocycles. The van der Waals surface area contributed by atoms with Gasteiger partial charge in [-0.15, -0.1) is 0 Å². The minimum atomic E-state index is -0.955.